The minimum Gasteiger partial charge on any atom is -0.496 e. The highest BCUT2D eigenvalue weighted by atomic mass is 19.1. The molecule has 0 aromatic heterocycles. The van der Waals surface area contributed by atoms with E-state index in [9.17, 15) is 9.18 Å². The Morgan fingerprint density at radius 3 is 2.63 bits per heavy atom. The minimum absolute atomic E-state index is 0.0708. The molecule has 4 rings (SSSR count). The first-order chi connectivity index (χ1) is 14.6. The first kappa shape index (κ1) is 20.4. The van der Waals surface area contributed by atoms with Crippen LogP contribution in [0.1, 0.15) is 43.2 Å². The number of oxime groups is 1. The van der Waals surface area contributed by atoms with Crippen LogP contribution < -0.4 is 4.74 Å². The molecule has 1 fully saturated rings. The monoisotopic (exact) mass is 410 g/mol. The molecule has 1 saturated carbocycles. The highest BCUT2D eigenvalue weighted by molar-refractivity contribution is 6.03. The summed E-state index contributed by atoms with van der Waals surface area (Å²) in [5.74, 6) is 0.708. The molecule has 0 N–H and O–H groups in total. The van der Waals surface area contributed by atoms with Crippen LogP contribution in [-0.2, 0) is 16.2 Å². The summed E-state index contributed by atoms with van der Waals surface area (Å²) in [5.41, 5.74) is 2.65. The first-order valence-electron chi connectivity index (χ1n) is 10.5. The summed E-state index contributed by atoms with van der Waals surface area (Å²) in [7, 11) is 1.64. The molecule has 1 aliphatic heterocycles. The number of hydrogen-bond acceptors (Lipinski definition) is 4. The lowest BCUT2D eigenvalue weighted by Gasteiger charge is -2.27. The Hall–Kier alpha value is -2.89. The van der Waals surface area contributed by atoms with Gasteiger partial charge in [0, 0.05) is 24.4 Å². The summed E-state index contributed by atoms with van der Waals surface area (Å²) < 4.78 is 18.7. The third-order valence-electron chi connectivity index (χ3n) is 5.88. The molecule has 0 saturated heterocycles. The molecular weight excluding hydrogens is 383 g/mol. The van der Waals surface area contributed by atoms with E-state index in [0.29, 0.717) is 19.5 Å². The molecule has 2 aromatic rings. The van der Waals surface area contributed by atoms with Gasteiger partial charge in [0.15, 0.2) is 6.10 Å². The zero-order valence-corrected chi connectivity index (χ0v) is 17.2. The van der Waals surface area contributed by atoms with E-state index < -0.39 is 0 Å². The molecule has 2 aliphatic rings. The number of amides is 1. The zero-order valence-electron chi connectivity index (χ0n) is 17.2. The molecule has 2 aromatic carbocycles. The van der Waals surface area contributed by atoms with E-state index in [1.807, 2.05) is 29.2 Å². The number of halogens is 1. The Balaban J connectivity index is 1.46. The van der Waals surface area contributed by atoms with E-state index in [2.05, 4.69) is 5.16 Å². The Labute approximate surface area is 176 Å². The molecule has 0 radical (unpaired) electrons. The van der Waals surface area contributed by atoms with Crippen molar-refractivity contribution in [3.05, 3.63) is 65.5 Å². The number of methoxy groups -OCH3 is 1. The van der Waals surface area contributed by atoms with Gasteiger partial charge in [0.2, 0.25) is 5.91 Å². The topological polar surface area (TPSA) is 51.1 Å². The summed E-state index contributed by atoms with van der Waals surface area (Å²) in [4.78, 5) is 20.7. The van der Waals surface area contributed by atoms with Crippen molar-refractivity contribution >= 4 is 11.6 Å². The van der Waals surface area contributed by atoms with Gasteiger partial charge in [-0.05, 0) is 42.7 Å². The standard InChI is InChI=1S/C24H27FN2O3/c1-29-23-9-5-4-8-21(23)22-14-20(30-26-22)16-27(24(28)18-6-2-3-7-18)15-17-10-12-19(25)13-11-17/h4-5,8-13,18,20H,2-3,6-7,14-16H2,1H3/t20-/m1/s1. The van der Waals surface area contributed by atoms with Crippen LogP contribution in [0.25, 0.3) is 0 Å². The van der Waals surface area contributed by atoms with Gasteiger partial charge < -0.3 is 14.5 Å². The van der Waals surface area contributed by atoms with Crippen molar-refractivity contribution in [3.63, 3.8) is 0 Å². The third kappa shape index (κ3) is 4.64. The van der Waals surface area contributed by atoms with Crippen molar-refractivity contribution in [1.82, 2.24) is 4.90 Å². The molecule has 0 unspecified atom stereocenters. The van der Waals surface area contributed by atoms with Crippen molar-refractivity contribution in [2.45, 2.75) is 44.8 Å². The summed E-state index contributed by atoms with van der Waals surface area (Å²) in [6.07, 6.45) is 4.47. The zero-order chi connectivity index (χ0) is 20.9. The van der Waals surface area contributed by atoms with Crippen LogP contribution in [0.4, 0.5) is 4.39 Å². The van der Waals surface area contributed by atoms with Gasteiger partial charge in [-0.15, -0.1) is 0 Å². The fourth-order valence-corrected chi connectivity index (χ4v) is 4.29. The van der Waals surface area contributed by atoms with Gasteiger partial charge in [-0.2, -0.15) is 0 Å². The van der Waals surface area contributed by atoms with E-state index in [4.69, 9.17) is 9.57 Å². The van der Waals surface area contributed by atoms with Crippen LogP contribution >= 0.6 is 0 Å². The molecule has 1 amide bonds. The summed E-state index contributed by atoms with van der Waals surface area (Å²) >= 11 is 0. The molecule has 1 heterocycles. The average molecular weight is 410 g/mol. The van der Waals surface area contributed by atoms with Crippen LogP contribution in [-0.4, -0.2) is 36.3 Å². The van der Waals surface area contributed by atoms with Crippen LogP contribution in [0.3, 0.4) is 0 Å². The number of carbonyl (C=O) groups excluding carboxylic acids is 1. The second-order valence-electron chi connectivity index (χ2n) is 8.00. The van der Waals surface area contributed by atoms with Gasteiger partial charge in [-0.1, -0.05) is 42.3 Å². The second-order valence-corrected chi connectivity index (χ2v) is 8.00. The number of para-hydroxylation sites is 1. The van der Waals surface area contributed by atoms with Crippen molar-refractivity contribution in [3.8, 4) is 5.75 Å². The Morgan fingerprint density at radius 2 is 1.90 bits per heavy atom. The Bertz CT molecular complexity index is 907. The van der Waals surface area contributed by atoms with Crippen molar-refractivity contribution < 1.29 is 18.8 Å². The molecule has 5 nitrogen and oxygen atoms in total. The van der Waals surface area contributed by atoms with Crippen molar-refractivity contribution in [1.29, 1.82) is 0 Å². The number of benzene rings is 2. The number of ether oxygens (including phenoxy) is 1. The predicted molar refractivity (Wildman–Crippen MR) is 113 cm³/mol. The van der Waals surface area contributed by atoms with E-state index >= 15 is 0 Å². The molecule has 30 heavy (non-hydrogen) atoms. The maximum Gasteiger partial charge on any atom is 0.226 e. The Morgan fingerprint density at radius 1 is 1.17 bits per heavy atom. The van der Waals surface area contributed by atoms with Crippen molar-refractivity contribution in [2.75, 3.05) is 13.7 Å². The van der Waals surface area contributed by atoms with Crippen LogP contribution in [0.15, 0.2) is 53.7 Å². The van der Waals surface area contributed by atoms with Gasteiger partial charge in [0.05, 0.1) is 19.4 Å². The maximum absolute atomic E-state index is 13.3. The van der Waals surface area contributed by atoms with Gasteiger partial charge in [-0.3, -0.25) is 4.79 Å². The number of hydrogen-bond donors (Lipinski definition) is 0. The molecule has 0 spiro atoms. The summed E-state index contributed by atoms with van der Waals surface area (Å²) in [5, 5.41) is 4.27. The lowest BCUT2D eigenvalue weighted by Crippen LogP contribution is -2.40. The van der Waals surface area contributed by atoms with Crippen LogP contribution in [0, 0.1) is 11.7 Å². The largest absolute Gasteiger partial charge is 0.496 e. The fourth-order valence-electron chi connectivity index (χ4n) is 4.29. The maximum atomic E-state index is 13.3. The molecule has 1 atom stereocenters. The van der Waals surface area contributed by atoms with Gasteiger partial charge in [-0.25, -0.2) is 4.39 Å². The molecule has 0 bridgehead atoms. The van der Waals surface area contributed by atoms with Crippen molar-refractivity contribution in [2.24, 2.45) is 11.1 Å². The Kier molecular flexibility index (Phi) is 6.31. The molecule has 1 aliphatic carbocycles. The van der Waals surface area contributed by atoms with Crippen LogP contribution in [0.5, 0.6) is 5.75 Å². The van der Waals surface area contributed by atoms with Crippen LogP contribution in [0.2, 0.25) is 0 Å². The van der Waals surface area contributed by atoms with Gasteiger partial charge in [0.1, 0.15) is 11.6 Å². The lowest BCUT2D eigenvalue weighted by atomic mass is 10.0. The summed E-state index contributed by atoms with van der Waals surface area (Å²) in [6, 6.07) is 14.1. The van der Waals surface area contributed by atoms with Gasteiger partial charge >= 0.3 is 0 Å². The number of carbonyl (C=O) groups is 1. The average Bonchev–Trinajstić information content (AvgIpc) is 3.47. The lowest BCUT2D eigenvalue weighted by molar-refractivity contribution is -0.137. The highest BCUT2D eigenvalue weighted by Crippen LogP contribution is 2.29. The minimum atomic E-state index is -0.276. The van der Waals surface area contributed by atoms with E-state index in [0.717, 1.165) is 48.3 Å². The summed E-state index contributed by atoms with van der Waals surface area (Å²) in [6.45, 7) is 0.897. The van der Waals surface area contributed by atoms with Gasteiger partial charge in [0.25, 0.3) is 0 Å². The first-order valence-corrected chi connectivity index (χ1v) is 10.5. The third-order valence-corrected chi connectivity index (χ3v) is 5.88. The number of rotatable bonds is 7. The molecule has 6 heteroatoms. The normalized spacial score (nSPS) is 18.7. The fraction of sp³-hybridized carbons (Fsp3) is 0.417. The van der Waals surface area contributed by atoms with E-state index in [1.165, 1.54) is 12.1 Å². The number of nitrogens with zero attached hydrogens (tertiary/aromatic N) is 2. The second kappa shape index (κ2) is 9.28. The van der Waals surface area contributed by atoms with E-state index in [1.54, 1.807) is 19.2 Å². The highest BCUT2D eigenvalue weighted by Gasteiger charge is 2.32. The SMILES string of the molecule is COc1ccccc1C1=NO[C@@H](CN(Cc2ccc(F)cc2)C(=O)C2CCCC2)C1. The molecular formula is C24H27FN2O3. The molecule has 158 valence electrons. The van der Waals surface area contributed by atoms with E-state index in [-0.39, 0.29) is 23.7 Å². The quantitative estimate of drug-likeness (QED) is 0.673. The smallest absolute Gasteiger partial charge is 0.226 e. The predicted octanol–water partition coefficient (Wildman–Crippen LogP) is 4.55.